The number of carbonyl (C=O) groups is 1. The molecule has 1 amide bonds. The topological polar surface area (TPSA) is 84.9 Å². The van der Waals surface area contributed by atoms with Gasteiger partial charge in [-0.3, -0.25) is 4.79 Å². The smallest absolute Gasteiger partial charge is 0.265 e. The first kappa shape index (κ1) is 19.3. The highest BCUT2D eigenvalue weighted by Gasteiger charge is 2.26. The van der Waals surface area contributed by atoms with E-state index >= 15 is 0 Å². The molecule has 7 nitrogen and oxygen atoms in total. The minimum absolute atomic E-state index is 0.138. The van der Waals surface area contributed by atoms with Crippen molar-refractivity contribution in [3.8, 4) is 5.75 Å². The molecule has 144 valence electrons. The lowest BCUT2D eigenvalue weighted by Crippen LogP contribution is -2.40. The van der Waals surface area contributed by atoms with Crippen molar-refractivity contribution < 1.29 is 22.7 Å². The largest absolute Gasteiger partial charge is 0.481 e. The number of rotatable bonds is 6. The van der Waals surface area contributed by atoms with Crippen LogP contribution in [0.15, 0.2) is 59.5 Å². The molecular formula is C19H22N2O5S. The third-order valence-electron chi connectivity index (χ3n) is 4.13. The van der Waals surface area contributed by atoms with Crippen LogP contribution in [0.3, 0.4) is 0 Å². The van der Waals surface area contributed by atoms with Gasteiger partial charge in [0.25, 0.3) is 5.91 Å². The van der Waals surface area contributed by atoms with Gasteiger partial charge in [0, 0.05) is 18.8 Å². The first-order valence-electron chi connectivity index (χ1n) is 8.67. The first-order valence-corrected chi connectivity index (χ1v) is 10.1. The number of para-hydroxylation sites is 1. The average molecular weight is 390 g/mol. The summed E-state index contributed by atoms with van der Waals surface area (Å²) in [5.41, 5.74) is 0.401. The molecular weight excluding hydrogens is 368 g/mol. The zero-order valence-electron chi connectivity index (χ0n) is 15.0. The summed E-state index contributed by atoms with van der Waals surface area (Å²) in [6, 6.07) is 15.2. The number of morpholine rings is 1. The lowest BCUT2D eigenvalue weighted by Gasteiger charge is -2.26. The van der Waals surface area contributed by atoms with E-state index in [2.05, 4.69) is 5.32 Å². The number of carbonyl (C=O) groups excluding carboxylic acids is 1. The van der Waals surface area contributed by atoms with Crippen molar-refractivity contribution in [2.75, 3.05) is 31.6 Å². The molecule has 1 aliphatic heterocycles. The van der Waals surface area contributed by atoms with Crippen LogP contribution in [-0.2, 0) is 19.6 Å². The number of sulfonamides is 1. The number of anilines is 1. The fourth-order valence-corrected chi connectivity index (χ4v) is 4.13. The predicted molar refractivity (Wildman–Crippen MR) is 101 cm³/mol. The van der Waals surface area contributed by atoms with Crippen molar-refractivity contribution in [1.82, 2.24) is 4.31 Å². The molecule has 1 atom stereocenters. The van der Waals surface area contributed by atoms with Gasteiger partial charge in [-0.1, -0.05) is 24.3 Å². The Morgan fingerprint density at radius 2 is 1.81 bits per heavy atom. The molecule has 8 heteroatoms. The van der Waals surface area contributed by atoms with E-state index in [-0.39, 0.29) is 10.8 Å². The van der Waals surface area contributed by atoms with Crippen molar-refractivity contribution in [3.05, 3.63) is 54.6 Å². The van der Waals surface area contributed by atoms with Gasteiger partial charge in [0.2, 0.25) is 10.0 Å². The van der Waals surface area contributed by atoms with Gasteiger partial charge in [-0.2, -0.15) is 4.31 Å². The Morgan fingerprint density at radius 1 is 1.11 bits per heavy atom. The number of ether oxygens (including phenoxy) is 2. The van der Waals surface area contributed by atoms with E-state index in [4.69, 9.17) is 9.47 Å². The summed E-state index contributed by atoms with van der Waals surface area (Å²) < 4.78 is 37.6. The normalized spacial score (nSPS) is 16.5. The Labute approximate surface area is 158 Å². The summed E-state index contributed by atoms with van der Waals surface area (Å²) in [7, 11) is -3.62. The molecule has 1 aliphatic rings. The van der Waals surface area contributed by atoms with Crippen LogP contribution in [0, 0.1) is 0 Å². The van der Waals surface area contributed by atoms with Crippen molar-refractivity contribution in [2.24, 2.45) is 0 Å². The number of hydrogen-bond acceptors (Lipinski definition) is 5. The summed E-state index contributed by atoms with van der Waals surface area (Å²) in [6.07, 6.45) is -0.730. The molecule has 2 aromatic carbocycles. The van der Waals surface area contributed by atoms with Gasteiger partial charge in [0.05, 0.1) is 18.1 Å². The Morgan fingerprint density at radius 3 is 2.52 bits per heavy atom. The maximum absolute atomic E-state index is 12.7. The molecule has 2 aromatic rings. The van der Waals surface area contributed by atoms with Gasteiger partial charge in [0.1, 0.15) is 5.75 Å². The third-order valence-corrected chi connectivity index (χ3v) is 6.03. The summed E-state index contributed by atoms with van der Waals surface area (Å²) in [5.74, 6) is 0.226. The molecule has 0 aliphatic carbocycles. The van der Waals surface area contributed by atoms with Crippen molar-refractivity contribution in [3.63, 3.8) is 0 Å². The average Bonchev–Trinajstić information content (AvgIpc) is 2.69. The van der Waals surface area contributed by atoms with Gasteiger partial charge in [-0.15, -0.1) is 0 Å². The Balaban J connectivity index is 1.69. The minimum atomic E-state index is -3.62. The van der Waals surface area contributed by atoms with Gasteiger partial charge >= 0.3 is 0 Å². The second-order valence-electron chi connectivity index (χ2n) is 6.11. The van der Waals surface area contributed by atoms with Crippen LogP contribution < -0.4 is 10.1 Å². The number of nitrogens with zero attached hydrogens (tertiary/aromatic N) is 1. The van der Waals surface area contributed by atoms with Crippen LogP contribution >= 0.6 is 0 Å². The molecule has 0 spiro atoms. The second-order valence-corrected chi connectivity index (χ2v) is 8.04. The Kier molecular flexibility index (Phi) is 6.10. The highest BCUT2D eigenvalue weighted by molar-refractivity contribution is 7.89. The molecule has 0 unspecified atom stereocenters. The lowest BCUT2D eigenvalue weighted by molar-refractivity contribution is -0.122. The monoisotopic (exact) mass is 390 g/mol. The molecule has 0 radical (unpaired) electrons. The number of benzene rings is 2. The summed E-state index contributed by atoms with van der Waals surface area (Å²) in [6.45, 7) is 3.03. The number of amides is 1. The fourth-order valence-electron chi connectivity index (χ4n) is 2.67. The van der Waals surface area contributed by atoms with Gasteiger partial charge in [0.15, 0.2) is 6.10 Å². The molecule has 0 aromatic heterocycles. The summed E-state index contributed by atoms with van der Waals surface area (Å²) in [4.78, 5) is 12.5. The molecule has 1 N–H and O–H groups in total. The highest BCUT2D eigenvalue weighted by Crippen LogP contribution is 2.21. The SMILES string of the molecule is C[C@H](Oc1ccccc1)C(=O)Nc1cccc(S(=O)(=O)N2CCOCC2)c1. The van der Waals surface area contributed by atoms with E-state index < -0.39 is 16.1 Å². The van der Waals surface area contributed by atoms with Crippen molar-refractivity contribution >= 4 is 21.6 Å². The van der Waals surface area contributed by atoms with E-state index in [1.807, 2.05) is 18.2 Å². The van der Waals surface area contributed by atoms with E-state index in [1.54, 1.807) is 31.2 Å². The van der Waals surface area contributed by atoms with Gasteiger partial charge in [-0.25, -0.2) is 8.42 Å². The number of hydrogen-bond donors (Lipinski definition) is 1. The molecule has 0 bridgehead atoms. The summed E-state index contributed by atoms with van der Waals surface area (Å²) >= 11 is 0. The summed E-state index contributed by atoms with van der Waals surface area (Å²) in [5, 5.41) is 2.71. The van der Waals surface area contributed by atoms with Gasteiger partial charge < -0.3 is 14.8 Å². The molecule has 1 saturated heterocycles. The molecule has 3 rings (SSSR count). The molecule has 27 heavy (non-hydrogen) atoms. The van der Waals surface area contributed by atoms with Crippen LogP contribution in [0.25, 0.3) is 0 Å². The van der Waals surface area contributed by atoms with E-state index in [0.29, 0.717) is 37.7 Å². The zero-order valence-corrected chi connectivity index (χ0v) is 15.8. The maximum atomic E-state index is 12.7. The zero-order chi connectivity index (χ0) is 19.3. The van der Waals surface area contributed by atoms with Crippen molar-refractivity contribution in [2.45, 2.75) is 17.9 Å². The standard InChI is InChI=1S/C19H22N2O5S/c1-15(26-17-7-3-2-4-8-17)19(22)20-16-6-5-9-18(14-16)27(23,24)21-10-12-25-13-11-21/h2-9,14-15H,10-13H2,1H3,(H,20,22)/t15-/m0/s1. The molecule has 1 heterocycles. The molecule has 1 fully saturated rings. The second kappa shape index (κ2) is 8.51. The van der Waals surface area contributed by atoms with E-state index in [0.717, 1.165) is 0 Å². The van der Waals surface area contributed by atoms with Gasteiger partial charge in [-0.05, 0) is 37.3 Å². The van der Waals surface area contributed by atoms with Crippen LogP contribution in [0.1, 0.15) is 6.92 Å². The predicted octanol–water partition coefficient (Wildman–Crippen LogP) is 2.11. The maximum Gasteiger partial charge on any atom is 0.265 e. The number of nitrogens with one attached hydrogen (secondary N) is 1. The lowest BCUT2D eigenvalue weighted by atomic mass is 10.3. The molecule has 0 saturated carbocycles. The van der Waals surface area contributed by atoms with E-state index in [9.17, 15) is 13.2 Å². The highest BCUT2D eigenvalue weighted by atomic mass is 32.2. The van der Waals surface area contributed by atoms with Crippen LogP contribution in [0.5, 0.6) is 5.75 Å². The quantitative estimate of drug-likeness (QED) is 0.817. The van der Waals surface area contributed by atoms with Crippen LogP contribution in [0.4, 0.5) is 5.69 Å². The fraction of sp³-hybridized carbons (Fsp3) is 0.316. The Bertz CT molecular complexity index is 880. The van der Waals surface area contributed by atoms with Crippen LogP contribution in [0.2, 0.25) is 0 Å². The Hall–Kier alpha value is -2.42. The van der Waals surface area contributed by atoms with Crippen molar-refractivity contribution in [1.29, 1.82) is 0 Å². The minimum Gasteiger partial charge on any atom is -0.481 e. The first-order chi connectivity index (χ1) is 13.0. The van der Waals surface area contributed by atoms with E-state index in [1.165, 1.54) is 16.4 Å². The van der Waals surface area contributed by atoms with Crippen LogP contribution in [-0.4, -0.2) is 51.0 Å². The third kappa shape index (κ3) is 4.85.